The van der Waals surface area contributed by atoms with Crippen LogP contribution in [0.5, 0.6) is 0 Å². The summed E-state index contributed by atoms with van der Waals surface area (Å²) < 4.78 is 27.3. The zero-order valence-corrected chi connectivity index (χ0v) is 14.1. The normalized spacial score (nSPS) is 12.6. The molecular weight excluding hydrogens is 336 g/mol. The van der Waals surface area contributed by atoms with E-state index in [-0.39, 0.29) is 11.3 Å². The minimum atomic E-state index is -3.82. The number of halogens is 1. The highest BCUT2D eigenvalue weighted by atomic mass is 35.5. The first-order valence-corrected chi connectivity index (χ1v) is 8.82. The summed E-state index contributed by atoms with van der Waals surface area (Å²) in [5, 5.41) is 2.92. The molecule has 122 valence electrons. The molecule has 0 fully saturated rings. The number of carbonyl (C=O) groups is 1. The average molecular weight is 353 g/mol. The predicted octanol–water partition coefficient (Wildman–Crippen LogP) is 1.98. The summed E-state index contributed by atoms with van der Waals surface area (Å²) in [5.74, 6) is -0.397. The molecule has 0 spiro atoms. The lowest BCUT2D eigenvalue weighted by atomic mass is 10.1. The van der Waals surface area contributed by atoms with Crippen molar-refractivity contribution in [2.24, 2.45) is 0 Å². The van der Waals surface area contributed by atoms with Crippen LogP contribution in [0.15, 0.2) is 59.5 Å². The summed E-state index contributed by atoms with van der Waals surface area (Å²) >= 11 is 5.77. The van der Waals surface area contributed by atoms with Crippen LogP contribution >= 0.6 is 11.6 Å². The standard InChI is InChI=1S/C16H17ClN2O3S/c1-18-16(20)15(11-12-5-3-2-4-6-12)19-23(21,22)14-9-7-13(17)8-10-14/h2-10,15,19H,11H2,1H3,(H,18,20)/t15-/m1/s1. The number of amides is 1. The van der Waals surface area contributed by atoms with Crippen molar-refractivity contribution in [3.05, 3.63) is 65.2 Å². The molecule has 1 amide bonds. The number of likely N-dealkylation sites (N-methyl/N-ethyl adjacent to an activating group) is 1. The van der Waals surface area contributed by atoms with Gasteiger partial charge >= 0.3 is 0 Å². The summed E-state index contributed by atoms with van der Waals surface area (Å²) in [6.45, 7) is 0. The SMILES string of the molecule is CNC(=O)[C@@H](Cc1ccccc1)NS(=O)(=O)c1ccc(Cl)cc1. The zero-order valence-electron chi connectivity index (χ0n) is 12.5. The molecule has 7 heteroatoms. The number of sulfonamides is 1. The van der Waals surface area contributed by atoms with Crippen molar-refractivity contribution in [3.63, 3.8) is 0 Å². The lowest BCUT2D eigenvalue weighted by molar-refractivity contribution is -0.122. The molecule has 0 aliphatic rings. The van der Waals surface area contributed by atoms with E-state index in [0.29, 0.717) is 5.02 Å². The van der Waals surface area contributed by atoms with Crippen molar-refractivity contribution in [1.29, 1.82) is 0 Å². The van der Waals surface area contributed by atoms with Crippen molar-refractivity contribution < 1.29 is 13.2 Å². The van der Waals surface area contributed by atoms with Gasteiger partial charge < -0.3 is 5.32 Å². The van der Waals surface area contributed by atoms with Crippen LogP contribution in [0.25, 0.3) is 0 Å². The van der Waals surface area contributed by atoms with Crippen molar-refractivity contribution in [3.8, 4) is 0 Å². The Kier molecular flexibility index (Phi) is 5.76. The van der Waals surface area contributed by atoms with E-state index >= 15 is 0 Å². The number of carbonyl (C=O) groups excluding carboxylic acids is 1. The third kappa shape index (κ3) is 4.79. The van der Waals surface area contributed by atoms with Gasteiger partial charge in [-0.05, 0) is 36.2 Å². The van der Waals surface area contributed by atoms with E-state index in [2.05, 4.69) is 10.0 Å². The van der Waals surface area contributed by atoms with Crippen LogP contribution in [0, 0.1) is 0 Å². The third-order valence-corrected chi connectivity index (χ3v) is 5.01. The molecule has 2 rings (SSSR count). The minimum Gasteiger partial charge on any atom is -0.358 e. The van der Waals surface area contributed by atoms with Crippen LogP contribution in [0.2, 0.25) is 5.02 Å². The van der Waals surface area contributed by atoms with E-state index in [1.807, 2.05) is 30.3 Å². The third-order valence-electron chi connectivity index (χ3n) is 3.27. The lowest BCUT2D eigenvalue weighted by Crippen LogP contribution is -2.46. The molecule has 23 heavy (non-hydrogen) atoms. The number of rotatable bonds is 6. The highest BCUT2D eigenvalue weighted by molar-refractivity contribution is 7.89. The molecule has 0 aliphatic heterocycles. The summed E-state index contributed by atoms with van der Waals surface area (Å²) in [7, 11) is -2.35. The number of hydrogen-bond acceptors (Lipinski definition) is 3. The van der Waals surface area contributed by atoms with Crippen LogP contribution < -0.4 is 10.0 Å². The molecule has 0 unspecified atom stereocenters. The highest BCUT2D eigenvalue weighted by Crippen LogP contribution is 2.15. The number of benzene rings is 2. The Balaban J connectivity index is 2.23. The van der Waals surface area contributed by atoms with Gasteiger partial charge in [-0.25, -0.2) is 8.42 Å². The highest BCUT2D eigenvalue weighted by Gasteiger charge is 2.25. The molecule has 0 heterocycles. The second-order valence-corrected chi connectivity index (χ2v) is 7.08. The Bertz CT molecular complexity index is 762. The van der Waals surface area contributed by atoms with E-state index in [0.717, 1.165) is 5.56 Å². The Hall–Kier alpha value is -1.89. The molecule has 2 aromatic rings. The van der Waals surface area contributed by atoms with E-state index in [4.69, 9.17) is 11.6 Å². The molecule has 0 saturated carbocycles. The molecule has 1 atom stereocenters. The Morgan fingerprint density at radius 1 is 1.09 bits per heavy atom. The fourth-order valence-corrected chi connectivity index (χ4v) is 3.40. The monoisotopic (exact) mass is 352 g/mol. The summed E-state index contributed by atoms with van der Waals surface area (Å²) in [5.41, 5.74) is 0.861. The minimum absolute atomic E-state index is 0.0591. The van der Waals surface area contributed by atoms with Crippen LogP contribution in [-0.4, -0.2) is 27.4 Å². The van der Waals surface area contributed by atoms with Gasteiger partial charge in [0.25, 0.3) is 0 Å². The second kappa shape index (κ2) is 7.59. The Morgan fingerprint density at radius 3 is 2.26 bits per heavy atom. The smallest absolute Gasteiger partial charge is 0.241 e. The molecule has 0 saturated heterocycles. The maximum Gasteiger partial charge on any atom is 0.241 e. The van der Waals surface area contributed by atoms with Crippen molar-refractivity contribution in [2.75, 3.05) is 7.05 Å². The van der Waals surface area contributed by atoms with Gasteiger partial charge in [0.15, 0.2) is 0 Å². The lowest BCUT2D eigenvalue weighted by Gasteiger charge is -2.17. The Labute approximate surface area is 140 Å². The maximum absolute atomic E-state index is 12.4. The fourth-order valence-electron chi connectivity index (χ4n) is 2.08. The number of hydrogen-bond donors (Lipinski definition) is 2. The molecule has 5 nitrogen and oxygen atoms in total. The first-order chi connectivity index (χ1) is 10.9. The van der Waals surface area contributed by atoms with Gasteiger partial charge in [-0.3, -0.25) is 4.79 Å². The first kappa shape index (κ1) is 17.5. The summed E-state index contributed by atoms with van der Waals surface area (Å²) in [6.07, 6.45) is 0.257. The molecule has 2 N–H and O–H groups in total. The molecular formula is C16H17ClN2O3S. The second-order valence-electron chi connectivity index (χ2n) is 4.93. The van der Waals surface area contributed by atoms with E-state index in [9.17, 15) is 13.2 Å². The van der Waals surface area contributed by atoms with Gasteiger partial charge in [0.2, 0.25) is 15.9 Å². The van der Waals surface area contributed by atoms with Crippen LogP contribution in [0.4, 0.5) is 0 Å². The average Bonchev–Trinajstić information content (AvgIpc) is 2.54. The van der Waals surface area contributed by atoms with Crippen LogP contribution in [-0.2, 0) is 21.2 Å². The molecule has 0 aliphatic carbocycles. The van der Waals surface area contributed by atoms with Gasteiger partial charge in [0, 0.05) is 12.1 Å². The Morgan fingerprint density at radius 2 is 1.70 bits per heavy atom. The van der Waals surface area contributed by atoms with Gasteiger partial charge in [-0.15, -0.1) is 0 Å². The molecule has 0 aromatic heterocycles. The van der Waals surface area contributed by atoms with Crippen molar-refractivity contribution >= 4 is 27.5 Å². The summed E-state index contributed by atoms with van der Waals surface area (Å²) in [6, 6.07) is 14.1. The van der Waals surface area contributed by atoms with E-state index < -0.39 is 22.0 Å². The largest absolute Gasteiger partial charge is 0.358 e. The number of nitrogens with one attached hydrogen (secondary N) is 2. The summed E-state index contributed by atoms with van der Waals surface area (Å²) in [4.78, 5) is 12.1. The zero-order chi connectivity index (χ0) is 16.9. The van der Waals surface area contributed by atoms with Crippen LogP contribution in [0.3, 0.4) is 0 Å². The van der Waals surface area contributed by atoms with Crippen molar-refractivity contribution in [1.82, 2.24) is 10.0 Å². The van der Waals surface area contributed by atoms with E-state index in [1.54, 1.807) is 0 Å². The fraction of sp³-hybridized carbons (Fsp3) is 0.188. The maximum atomic E-state index is 12.4. The van der Waals surface area contributed by atoms with E-state index in [1.165, 1.54) is 31.3 Å². The topological polar surface area (TPSA) is 75.3 Å². The quantitative estimate of drug-likeness (QED) is 0.834. The van der Waals surface area contributed by atoms with Crippen LogP contribution in [0.1, 0.15) is 5.56 Å². The van der Waals surface area contributed by atoms with Gasteiger partial charge in [-0.1, -0.05) is 41.9 Å². The molecule has 2 aromatic carbocycles. The van der Waals surface area contributed by atoms with Gasteiger partial charge in [0.1, 0.15) is 6.04 Å². The molecule has 0 radical (unpaired) electrons. The van der Waals surface area contributed by atoms with Gasteiger partial charge in [-0.2, -0.15) is 4.72 Å². The molecule has 0 bridgehead atoms. The van der Waals surface area contributed by atoms with Crippen molar-refractivity contribution in [2.45, 2.75) is 17.4 Å². The predicted molar refractivity (Wildman–Crippen MR) is 89.8 cm³/mol. The van der Waals surface area contributed by atoms with Gasteiger partial charge in [0.05, 0.1) is 4.90 Å². The first-order valence-electron chi connectivity index (χ1n) is 6.96.